The van der Waals surface area contributed by atoms with Crippen molar-refractivity contribution in [3.63, 3.8) is 0 Å². The van der Waals surface area contributed by atoms with Crippen LogP contribution in [-0.2, 0) is 30.3 Å². The van der Waals surface area contributed by atoms with Gasteiger partial charge >= 0.3 is 5.97 Å². The van der Waals surface area contributed by atoms with E-state index in [0.717, 1.165) is 11.1 Å². The highest BCUT2D eigenvalue weighted by molar-refractivity contribution is 5.91. The molecule has 53 heavy (non-hydrogen) atoms. The summed E-state index contributed by atoms with van der Waals surface area (Å²) in [5.74, 6) is 0.0335. The second kappa shape index (κ2) is 22.5. The van der Waals surface area contributed by atoms with E-state index < -0.39 is 72.7 Å². The zero-order valence-electron chi connectivity index (χ0n) is 32.0. The van der Waals surface area contributed by atoms with Gasteiger partial charge in [0.05, 0.1) is 50.0 Å². The van der Waals surface area contributed by atoms with Crippen molar-refractivity contribution in [1.82, 2.24) is 9.80 Å². The number of nitrogens with zero attached hydrogens (tertiary/aromatic N) is 2. The van der Waals surface area contributed by atoms with Crippen LogP contribution in [0.3, 0.4) is 0 Å². The Morgan fingerprint density at radius 3 is 2.32 bits per heavy atom. The Bertz CT molecular complexity index is 1360. The van der Waals surface area contributed by atoms with Crippen molar-refractivity contribution in [2.45, 2.75) is 123 Å². The van der Waals surface area contributed by atoms with Crippen molar-refractivity contribution in [2.24, 2.45) is 23.7 Å². The number of benzene rings is 1. The number of ether oxygens (including phenoxy) is 3. The van der Waals surface area contributed by atoms with Gasteiger partial charge in [-0.2, -0.15) is 0 Å². The number of likely N-dealkylation sites (N-methyl/N-ethyl adjacent to an activating group) is 1. The van der Waals surface area contributed by atoms with Crippen LogP contribution in [0, 0.1) is 36.0 Å². The van der Waals surface area contributed by atoms with Crippen LogP contribution in [0.25, 0.3) is 0 Å². The van der Waals surface area contributed by atoms with E-state index in [2.05, 4.69) is 10.8 Å². The van der Waals surface area contributed by atoms with Crippen LogP contribution in [0.4, 0.5) is 0 Å². The fourth-order valence-corrected chi connectivity index (χ4v) is 7.39. The van der Waals surface area contributed by atoms with Crippen molar-refractivity contribution in [1.29, 1.82) is 0 Å². The van der Waals surface area contributed by atoms with Crippen LogP contribution in [0.2, 0.25) is 0 Å². The average molecular weight is 743 g/mol. The van der Waals surface area contributed by atoms with Crippen molar-refractivity contribution >= 4 is 11.8 Å². The summed E-state index contributed by atoms with van der Waals surface area (Å²) in [5, 5.41) is 44.2. The molecule has 3 rings (SSSR count). The van der Waals surface area contributed by atoms with Crippen LogP contribution in [0.5, 0.6) is 0 Å². The molecule has 4 N–H and O–H groups in total. The first-order valence-electron chi connectivity index (χ1n) is 18.6. The van der Waals surface area contributed by atoms with E-state index in [1.165, 1.54) is 6.08 Å². The molecule has 0 radical (unpaired) electrons. The third kappa shape index (κ3) is 13.4. The molecule has 0 aromatic heterocycles. The number of aliphatic hydroxyl groups is 4. The van der Waals surface area contributed by atoms with Crippen LogP contribution in [0.1, 0.15) is 73.3 Å². The third-order valence-electron chi connectivity index (χ3n) is 10.5. The summed E-state index contributed by atoms with van der Waals surface area (Å²) >= 11 is 0. The van der Waals surface area contributed by atoms with Crippen molar-refractivity contribution in [3.8, 4) is 12.3 Å². The fraction of sp³-hybridized carbons (Fsp3) is 0.667. The minimum Gasteiger partial charge on any atom is -0.462 e. The van der Waals surface area contributed by atoms with E-state index in [0.29, 0.717) is 38.9 Å². The number of esters is 1. The molecular formula is C42H66N2O9. The topological polar surface area (TPSA) is 149 Å². The minimum absolute atomic E-state index is 0. The smallest absolute Gasteiger partial charge is 0.308 e. The molecule has 0 saturated carbocycles. The number of rotatable bonds is 11. The number of allylic oxidation sites excluding steroid dienone is 3. The zero-order valence-corrected chi connectivity index (χ0v) is 32.0. The molecule has 1 fully saturated rings. The quantitative estimate of drug-likeness (QED) is 0.193. The lowest BCUT2D eigenvalue weighted by Gasteiger charge is -2.46. The Morgan fingerprint density at radius 2 is 1.72 bits per heavy atom. The highest BCUT2D eigenvalue weighted by Gasteiger charge is 2.47. The lowest BCUT2D eigenvalue weighted by Crippen LogP contribution is -2.63. The first-order chi connectivity index (χ1) is 24.7. The normalized spacial score (nSPS) is 35.1. The molecule has 2 unspecified atom stereocenters. The first-order valence-corrected chi connectivity index (χ1v) is 18.6. The summed E-state index contributed by atoms with van der Waals surface area (Å²) in [6.45, 7) is 10.3. The van der Waals surface area contributed by atoms with Gasteiger partial charge in [-0.05, 0) is 71.3 Å². The van der Waals surface area contributed by atoms with Crippen LogP contribution >= 0.6 is 0 Å². The Hall–Kier alpha value is -2.92. The summed E-state index contributed by atoms with van der Waals surface area (Å²) in [7, 11) is 3.52. The summed E-state index contributed by atoms with van der Waals surface area (Å²) in [5.41, 5.74) is 1.84. The van der Waals surface area contributed by atoms with Crippen molar-refractivity contribution < 1.29 is 44.2 Å². The second-order valence-corrected chi connectivity index (χ2v) is 14.9. The Labute approximate surface area is 318 Å². The van der Waals surface area contributed by atoms with Gasteiger partial charge in [0, 0.05) is 24.3 Å². The van der Waals surface area contributed by atoms with Crippen LogP contribution in [0.15, 0.2) is 54.1 Å². The second-order valence-electron chi connectivity index (χ2n) is 14.9. The number of ketones is 1. The van der Waals surface area contributed by atoms with Gasteiger partial charge in [-0.25, -0.2) is 0 Å². The molecule has 1 aromatic rings. The van der Waals surface area contributed by atoms with E-state index in [4.69, 9.17) is 20.6 Å². The molecule has 0 amide bonds. The Balaban J connectivity index is 0.00000972. The third-order valence-corrected chi connectivity index (χ3v) is 10.5. The molecule has 2 heterocycles. The number of carbonyl (C=O) groups excluding carboxylic acids is 2. The summed E-state index contributed by atoms with van der Waals surface area (Å²) in [6, 6.07) is 9.28. The van der Waals surface area contributed by atoms with Gasteiger partial charge in [0.25, 0.3) is 0 Å². The lowest BCUT2D eigenvalue weighted by molar-refractivity contribution is -0.304. The highest BCUT2D eigenvalue weighted by Crippen LogP contribution is 2.35. The Kier molecular flexibility index (Phi) is 19.6. The molecule has 298 valence electrons. The maximum absolute atomic E-state index is 13.6. The SMILES string of the molecule is C.C#CCN(CC[C@H]1C[C@@H](C)C(=O)/C=C/C(C)=C/[C@H](CO)[C@@H](CC)OC(=O)C[C@@H](O)[C@H](C)[C@H]1O[C@@H]1O[C@H](C)[C@@H](O)C(N(C)C)C1O)Cc1ccccc1. The van der Waals surface area contributed by atoms with Gasteiger partial charge in [-0.3, -0.25) is 14.5 Å². The van der Waals surface area contributed by atoms with Gasteiger partial charge in [-0.15, -0.1) is 6.42 Å². The largest absolute Gasteiger partial charge is 0.462 e. The molecule has 0 bridgehead atoms. The molecule has 0 spiro atoms. The van der Waals surface area contributed by atoms with Gasteiger partial charge in [-0.1, -0.05) is 82.2 Å². The van der Waals surface area contributed by atoms with Gasteiger partial charge in [0.2, 0.25) is 0 Å². The number of hydrogen-bond donors (Lipinski definition) is 4. The number of cyclic esters (lactones) is 1. The number of aliphatic hydroxyl groups excluding tert-OH is 4. The summed E-state index contributed by atoms with van der Waals surface area (Å²) in [4.78, 5) is 30.8. The molecule has 0 aliphatic carbocycles. The van der Waals surface area contributed by atoms with Gasteiger partial charge in [0.15, 0.2) is 12.1 Å². The van der Waals surface area contributed by atoms with E-state index in [1.807, 2.05) is 51.1 Å². The molecule has 2 aliphatic rings. The predicted octanol–water partition coefficient (Wildman–Crippen LogP) is 3.98. The van der Waals surface area contributed by atoms with Crippen molar-refractivity contribution in [3.05, 3.63) is 59.7 Å². The standard InChI is InChI=1S/C41H62N2O9.CH4/c1-9-19-43(24-30-14-12-11-13-15-30)20-18-31-22-27(4)33(45)17-16-26(3)21-32(25-44)35(10-2)51-36(47)23-34(46)28(5)40(31)52-41-39(49)37(42(7)8)38(48)29(6)50-41;/h1,11-17,21,27-29,31-32,34-35,37-41,44,46,48-49H,10,18-20,22-25H2,2-8H3;1H4/b17-16+,26-21+;/t27-,28+,29-,31+,32-,34-,35-,37?,38-,39?,40-,41+;/m1./s1. The number of hydrogen-bond acceptors (Lipinski definition) is 11. The lowest BCUT2D eigenvalue weighted by atomic mass is 9.79. The summed E-state index contributed by atoms with van der Waals surface area (Å²) < 4.78 is 18.6. The van der Waals surface area contributed by atoms with E-state index >= 15 is 0 Å². The van der Waals surface area contributed by atoms with Crippen LogP contribution < -0.4 is 0 Å². The highest BCUT2D eigenvalue weighted by atomic mass is 16.7. The first kappa shape index (κ1) is 46.2. The zero-order chi connectivity index (χ0) is 38.5. The van der Waals surface area contributed by atoms with Crippen LogP contribution in [-0.4, -0.2) is 125 Å². The maximum Gasteiger partial charge on any atom is 0.308 e. The molecule has 11 nitrogen and oxygen atoms in total. The average Bonchev–Trinajstić information content (AvgIpc) is 3.11. The fourth-order valence-electron chi connectivity index (χ4n) is 7.39. The summed E-state index contributed by atoms with van der Waals surface area (Å²) in [6.07, 6.45) is 5.07. The molecular weight excluding hydrogens is 676 g/mol. The van der Waals surface area contributed by atoms with E-state index in [9.17, 15) is 30.0 Å². The number of carbonyl (C=O) groups is 2. The van der Waals surface area contributed by atoms with Crippen molar-refractivity contribution in [2.75, 3.05) is 33.8 Å². The van der Waals surface area contributed by atoms with Gasteiger partial charge in [0.1, 0.15) is 12.2 Å². The monoisotopic (exact) mass is 742 g/mol. The molecule has 12 atom stereocenters. The number of terminal acetylenes is 1. The molecule has 1 saturated heterocycles. The molecule has 11 heteroatoms. The predicted molar refractivity (Wildman–Crippen MR) is 206 cm³/mol. The van der Waals surface area contributed by atoms with E-state index in [1.54, 1.807) is 45.0 Å². The Morgan fingerprint density at radius 1 is 1.04 bits per heavy atom. The minimum atomic E-state index is -1.25. The molecule has 1 aromatic carbocycles. The molecule has 2 aliphatic heterocycles. The van der Waals surface area contributed by atoms with E-state index in [-0.39, 0.29) is 32.2 Å². The van der Waals surface area contributed by atoms with Gasteiger partial charge < -0.3 is 39.5 Å². The maximum atomic E-state index is 13.6.